The first-order valence-electron chi connectivity index (χ1n) is 9.32. The molecule has 2 fully saturated rings. The summed E-state index contributed by atoms with van der Waals surface area (Å²) in [7, 11) is 0. The number of hydrogen-bond acceptors (Lipinski definition) is 6. The second-order valence-corrected chi connectivity index (χ2v) is 6.93. The highest BCUT2D eigenvalue weighted by Gasteiger charge is 2.24. The van der Waals surface area contributed by atoms with Crippen molar-refractivity contribution in [2.45, 2.75) is 31.7 Å². The van der Waals surface area contributed by atoms with E-state index in [-0.39, 0.29) is 11.9 Å². The summed E-state index contributed by atoms with van der Waals surface area (Å²) in [5, 5.41) is 3.13. The molecule has 1 unspecified atom stereocenters. The largest absolute Gasteiger partial charge is 0.356 e. The number of amides is 1. The maximum atomic E-state index is 12.4. The van der Waals surface area contributed by atoms with Crippen LogP contribution < -0.4 is 15.1 Å². The zero-order valence-corrected chi connectivity index (χ0v) is 14.8. The molecule has 1 N–H and O–H groups in total. The minimum Gasteiger partial charge on any atom is -0.356 e. The van der Waals surface area contributed by atoms with E-state index in [4.69, 9.17) is 0 Å². The molecule has 7 nitrogen and oxygen atoms in total. The first-order chi connectivity index (χ1) is 12.8. The van der Waals surface area contributed by atoms with Crippen LogP contribution in [0.3, 0.4) is 0 Å². The molecule has 1 atom stereocenters. The van der Waals surface area contributed by atoms with Gasteiger partial charge in [-0.3, -0.25) is 9.78 Å². The Bertz CT molecular complexity index is 747. The molecule has 0 aliphatic carbocycles. The molecular formula is C19H24N6O. The van der Waals surface area contributed by atoms with Gasteiger partial charge in [0.15, 0.2) is 0 Å². The Morgan fingerprint density at radius 3 is 2.62 bits per heavy atom. The van der Waals surface area contributed by atoms with E-state index >= 15 is 0 Å². The van der Waals surface area contributed by atoms with E-state index in [2.05, 4.69) is 36.1 Å². The van der Waals surface area contributed by atoms with Crippen molar-refractivity contribution < 1.29 is 4.79 Å². The maximum Gasteiger partial charge on any atom is 0.253 e. The van der Waals surface area contributed by atoms with Crippen LogP contribution in [0.1, 0.15) is 36.0 Å². The van der Waals surface area contributed by atoms with E-state index < -0.39 is 0 Å². The van der Waals surface area contributed by atoms with Gasteiger partial charge in [-0.25, -0.2) is 9.97 Å². The van der Waals surface area contributed by atoms with Crippen LogP contribution in [-0.4, -0.2) is 53.1 Å². The highest BCUT2D eigenvalue weighted by Crippen LogP contribution is 2.23. The van der Waals surface area contributed by atoms with Crippen molar-refractivity contribution in [2.75, 3.05) is 36.0 Å². The number of aromatic nitrogens is 3. The number of nitrogens with zero attached hydrogens (tertiary/aromatic N) is 5. The van der Waals surface area contributed by atoms with Crippen LogP contribution in [0.25, 0.3) is 0 Å². The SMILES string of the molecule is O=C(NC1CCCN(c2cc(N3CCCC3)ncn2)C1)c1cccnc1. The van der Waals surface area contributed by atoms with Crippen molar-refractivity contribution in [3.05, 3.63) is 42.5 Å². The molecule has 1 amide bonds. The molecule has 2 aromatic heterocycles. The fourth-order valence-electron chi connectivity index (χ4n) is 3.70. The van der Waals surface area contributed by atoms with Gasteiger partial charge >= 0.3 is 0 Å². The predicted octanol–water partition coefficient (Wildman–Crippen LogP) is 1.87. The molecule has 2 saturated heterocycles. The molecular weight excluding hydrogens is 328 g/mol. The molecule has 26 heavy (non-hydrogen) atoms. The Labute approximate surface area is 153 Å². The second-order valence-electron chi connectivity index (χ2n) is 6.93. The third-order valence-corrected chi connectivity index (χ3v) is 5.07. The summed E-state index contributed by atoms with van der Waals surface area (Å²) in [4.78, 5) is 29.9. The highest BCUT2D eigenvalue weighted by molar-refractivity contribution is 5.94. The average molecular weight is 352 g/mol. The van der Waals surface area contributed by atoms with Crippen molar-refractivity contribution >= 4 is 17.5 Å². The van der Waals surface area contributed by atoms with E-state index in [0.29, 0.717) is 5.56 Å². The molecule has 0 saturated carbocycles. The van der Waals surface area contributed by atoms with E-state index in [0.717, 1.165) is 50.7 Å². The molecule has 4 heterocycles. The fourth-order valence-corrected chi connectivity index (χ4v) is 3.70. The summed E-state index contributed by atoms with van der Waals surface area (Å²) < 4.78 is 0. The Hall–Kier alpha value is -2.70. The average Bonchev–Trinajstić information content (AvgIpc) is 3.24. The van der Waals surface area contributed by atoms with Crippen LogP contribution in [0.4, 0.5) is 11.6 Å². The molecule has 2 aliphatic heterocycles. The van der Waals surface area contributed by atoms with Crippen molar-refractivity contribution in [3.63, 3.8) is 0 Å². The van der Waals surface area contributed by atoms with Gasteiger partial charge in [0.25, 0.3) is 5.91 Å². The monoisotopic (exact) mass is 352 g/mol. The van der Waals surface area contributed by atoms with Crippen molar-refractivity contribution in [3.8, 4) is 0 Å². The van der Waals surface area contributed by atoms with E-state index in [1.165, 1.54) is 12.8 Å². The van der Waals surface area contributed by atoms with Crippen LogP contribution in [0, 0.1) is 0 Å². The Balaban J connectivity index is 1.42. The second kappa shape index (κ2) is 7.68. The normalized spacial score (nSPS) is 20.2. The van der Waals surface area contributed by atoms with Crippen molar-refractivity contribution in [1.82, 2.24) is 20.3 Å². The van der Waals surface area contributed by atoms with Crippen LogP contribution >= 0.6 is 0 Å². The molecule has 4 rings (SSSR count). The van der Waals surface area contributed by atoms with Gasteiger partial charge in [0.05, 0.1) is 5.56 Å². The number of carbonyl (C=O) groups is 1. The third-order valence-electron chi connectivity index (χ3n) is 5.07. The van der Waals surface area contributed by atoms with E-state index in [1.807, 2.05) is 0 Å². The van der Waals surface area contributed by atoms with Gasteiger partial charge in [0.1, 0.15) is 18.0 Å². The molecule has 2 aliphatic rings. The lowest BCUT2D eigenvalue weighted by Crippen LogP contribution is -2.48. The summed E-state index contributed by atoms with van der Waals surface area (Å²) >= 11 is 0. The van der Waals surface area contributed by atoms with Gasteiger partial charge < -0.3 is 15.1 Å². The lowest BCUT2D eigenvalue weighted by atomic mass is 10.1. The lowest BCUT2D eigenvalue weighted by Gasteiger charge is -2.34. The molecule has 0 radical (unpaired) electrons. The zero-order valence-electron chi connectivity index (χ0n) is 14.8. The molecule has 7 heteroatoms. The Kier molecular flexibility index (Phi) is 4.95. The van der Waals surface area contributed by atoms with Gasteiger partial charge in [-0.05, 0) is 37.8 Å². The Morgan fingerprint density at radius 1 is 1.08 bits per heavy atom. The fraction of sp³-hybridized carbons (Fsp3) is 0.474. The number of nitrogens with one attached hydrogen (secondary N) is 1. The minimum atomic E-state index is -0.0645. The van der Waals surface area contributed by atoms with Gasteiger partial charge in [-0.1, -0.05) is 0 Å². The molecule has 0 spiro atoms. The van der Waals surface area contributed by atoms with Gasteiger partial charge in [-0.15, -0.1) is 0 Å². The standard InChI is InChI=1S/C19H24N6O/c26-19(15-5-3-7-20-12-15)23-16-6-4-10-25(13-16)18-11-17(21-14-22-18)24-8-1-2-9-24/h3,5,7,11-12,14,16H,1-2,4,6,8-10,13H2,(H,23,26). The zero-order chi connectivity index (χ0) is 17.8. The quantitative estimate of drug-likeness (QED) is 0.905. The summed E-state index contributed by atoms with van der Waals surface area (Å²) in [5.41, 5.74) is 0.600. The summed E-state index contributed by atoms with van der Waals surface area (Å²) in [6, 6.07) is 5.76. The van der Waals surface area contributed by atoms with Crippen LogP contribution in [0.5, 0.6) is 0 Å². The number of pyridine rings is 1. The van der Waals surface area contributed by atoms with Crippen molar-refractivity contribution in [1.29, 1.82) is 0 Å². The summed E-state index contributed by atoms with van der Waals surface area (Å²) in [6.45, 7) is 3.86. The molecule has 2 aromatic rings. The van der Waals surface area contributed by atoms with Crippen LogP contribution in [0.15, 0.2) is 36.9 Å². The molecule has 136 valence electrons. The predicted molar refractivity (Wildman–Crippen MR) is 100 cm³/mol. The molecule has 0 bridgehead atoms. The first-order valence-corrected chi connectivity index (χ1v) is 9.32. The van der Waals surface area contributed by atoms with Crippen molar-refractivity contribution in [2.24, 2.45) is 0 Å². The van der Waals surface area contributed by atoms with Gasteiger partial charge in [-0.2, -0.15) is 0 Å². The first kappa shape index (κ1) is 16.8. The third kappa shape index (κ3) is 3.76. The summed E-state index contributed by atoms with van der Waals surface area (Å²) in [6.07, 6.45) is 9.39. The minimum absolute atomic E-state index is 0.0645. The van der Waals surface area contributed by atoms with Crippen LogP contribution in [0.2, 0.25) is 0 Å². The van der Waals surface area contributed by atoms with E-state index in [1.54, 1.807) is 30.9 Å². The van der Waals surface area contributed by atoms with Gasteiger partial charge in [0.2, 0.25) is 0 Å². The van der Waals surface area contributed by atoms with E-state index in [9.17, 15) is 4.79 Å². The Morgan fingerprint density at radius 2 is 1.85 bits per heavy atom. The highest BCUT2D eigenvalue weighted by atomic mass is 16.1. The number of piperidine rings is 1. The number of anilines is 2. The lowest BCUT2D eigenvalue weighted by molar-refractivity contribution is 0.0932. The van der Waals surface area contributed by atoms with Crippen LogP contribution in [-0.2, 0) is 0 Å². The number of hydrogen-bond donors (Lipinski definition) is 1. The maximum absolute atomic E-state index is 12.4. The molecule has 0 aromatic carbocycles. The smallest absolute Gasteiger partial charge is 0.253 e. The number of carbonyl (C=O) groups excluding carboxylic acids is 1. The topological polar surface area (TPSA) is 74.2 Å². The number of rotatable bonds is 4. The summed E-state index contributed by atoms with van der Waals surface area (Å²) in [5.74, 6) is 1.89. The van der Waals surface area contributed by atoms with Gasteiger partial charge in [0, 0.05) is 50.7 Å².